The first-order chi connectivity index (χ1) is 13.6. The first-order valence-electron chi connectivity index (χ1n) is 8.23. The number of para-hydroxylation sites is 2. The molecule has 4 rings (SSSR count). The summed E-state index contributed by atoms with van der Waals surface area (Å²) >= 11 is 1.28. The number of hydrogen-bond acceptors (Lipinski definition) is 6. The van der Waals surface area contributed by atoms with Crippen LogP contribution in [0.1, 0.15) is 16.2 Å². The Bertz CT molecular complexity index is 1210. The quantitative estimate of drug-likeness (QED) is 0.452. The molecule has 0 radical (unpaired) electrons. The Morgan fingerprint density at radius 1 is 1.18 bits per heavy atom. The lowest BCUT2D eigenvalue weighted by Gasteiger charge is -1.98. The van der Waals surface area contributed by atoms with Crippen LogP contribution in [-0.2, 0) is 4.79 Å². The van der Waals surface area contributed by atoms with Crippen LogP contribution >= 0.6 is 11.3 Å². The molecule has 2 amide bonds. The van der Waals surface area contributed by atoms with E-state index in [0.717, 1.165) is 11.0 Å². The number of carbonyl (C=O) groups excluding carboxylic acids is 2. The van der Waals surface area contributed by atoms with Crippen LogP contribution in [0.25, 0.3) is 28.4 Å². The van der Waals surface area contributed by atoms with Crippen molar-refractivity contribution in [1.82, 2.24) is 19.9 Å². The van der Waals surface area contributed by atoms with Crippen LogP contribution in [0, 0.1) is 0 Å². The molecule has 0 aliphatic rings. The number of primary amides is 1. The van der Waals surface area contributed by atoms with Crippen LogP contribution < -0.4 is 11.1 Å². The number of thiazole rings is 1. The van der Waals surface area contributed by atoms with Gasteiger partial charge in [-0.3, -0.25) is 19.9 Å². The fraction of sp³-hybridized carbons (Fsp3) is 0. The van der Waals surface area contributed by atoms with Crippen molar-refractivity contribution in [3.8, 4) is 11.3 Å². The second-order valence-corrected chi connectivity index (χ2v) is 6.67. The molecule has 0 unspecified atom stereocenters. The van der Waals surface area contributed by atoms with E-state index in [9.17, 15) is 9.59 Å². The Balaban J connectivity index is 1.43. The van der Waals surface area contributed by atoms with Crippen molar-refractivity contribution in [2.75, 3.05) is 5.32 Å². The van der Waals surface area contributed by atoms with Crippen molar-refractivity contribution in [1.29, 1.82) is 0 Å². The van der Waals surface area contributed by atoms with Crippen molar-refractivity contribution in [3.05, 3.63) is 65.6 Å². The molecule has 3 aromatic heterocycles. The molecule has 1 aromatic carbocycles. The zero-order valence-electron chi connectivity index (χ0n) is 14.4. The number of fused-ring (bicyclic) bond motifs is 1. The molecule has 0 spiro atoms. The van der Waals surface area contributed by atoms with Crippen LogP contribution in [0.15, 0.2) is 54.2 Å². The fourth-order valence-corrected chi connectivity index (χ4v) is 3.23. The van der Waals surface area contributed by atoms with Gasteiger partial charge in [-0.25, -0.2) is 9.97 Å². The molecule has 0 bridgehead atoms. The molecule has 138 valence electrons. The monoisotopic (exact) mass is 390 g/mol. The van der Waals surface area contributed by atoms with Crippen LogP contribution in [0.3, 0.4) is 0 Å². The predicted molar refractivity (Wildman–Crippen MR) is 108 cm³/mol. The molecule has 0 saturated carbocycles. The Morgan fingerprint density at radius 2 is 2.00 bits per heavy atom. The normalized spacial score (nSPS) is 11.1. The van der Waals surface area contributed by atoms with E-state index in [1.165, 1.54) is 17.4 Å². The highest BCUT2D eigenvalue weighted by atomic mass is 32.1. The molecule has 3 heterocycles. The number of H-pyrrole nitrogens is 1. The summed E-state index contributed by atoms with van der Waals surface area (Å²) in [7, 11) is 0. The number of nitrogens with one attached hydrogen (secondary N) is 2. The summed E-state index contributed by atoms with van der Waals surface area (Å²) in [5.41, 5.74) is 9.01. The number of nitrogens with two attached hydrogens (primary N) is 1. The van der Waals surface area contributed by atoms with Gasteiger partial charge < -0.3 is 10.7 Å². The molecule has 0 saturated heterocycles. The number of benzene rings is 1. The number of carbonyl (C=O) groups is 2. The van der Waals surface area contributed by atoms with Gasteiger partial charge in [-0.15, -0.1) is 11.3 Å². The van der Waals surface area contributed by atoms with E-state index in [1.807, 2.05) is 24.3 Å². The Morgan fingerprint density at radius 3 is 2.79 bits per heavy atom. The number of aromatic amines is 1. The highest BCUT2D eigenvalue weighted by molar-refractivity contribution is 7.14. The highest BCUT2D eigenvalue weighted by Gasteiger charge is 2.10. The summed E-state index contributed by atoms with van der Waals surface area (Å²) in [5, 5.41) is 4.92. The van der Waals surface area contributed by atoms with Crippen LogP contribution in [0.4, 0.5) is 5.13 Å². The van der Waals surface area contributed by atoms with Crippen LogP contribution in [0.2, 0.25) is 0 Å². The highest BCUT2D eigenvalue weighted by Crippen LogP contribution is 2.25. The van der Waals surface area contributed by atoms with Gasteiger partial charge in [0, 0.05) is 23.2 Å². The molecule has 0 fully saturated rings. The zero-order chi connectivity index (χ0) is 19.5. The first kappa shape index (κ1) is 17.6. The van der Waals surface area contributed by atoms with Gasteiger partial charge in [0.05, 0.1) is 28.6 Å². The van der Waals surface area contributed by atoms with Gasteiger partial charge in [-0.2, -0.15) is 0 Å². The molecule has 0 atom stereocenters. The zero-order valence-corrected chi connectivity index (χ0v) is 15.2. The summed E-state index contributed by atoms with van der Waals surface area (Å²) < 4.78 is 0. The molecule has 4 aromatic rings. The maximum Gasteiger partial charge on any atom is 0.265 e. The van der Waals surface area contributed by atoms with Gasteiger partial charge in [0.2, 0.25) is 5.91 Å². The predicted octanol–water partition coefficient (Wildman–Crippen LogP) is 2.83. The third kappa shape index (κ3) is 3.79. The Kier molecular flexibility index (Phi) is 4.65. The second-order valence-electron chi connectivity index (χ2n) is 5.81. The van der Waals surface area contributed by atoms with Gasteiger partial charge in [0.25, 0.3) is 5.91 Å². The minimum absolute atomic E-state index is 0.299. The van der Waals surface area contributed by atoms with E-state index in [2.05, 4.69) is 25.3 Å². The minimum atomic E-state index is -0.545. The van der Waals surface area contributed by atoms with Crippen molar-refractivity contribution in [2.45, 2.75) is 0 Å². The van der Waals surface area contributed by atoms with Crippen LogP contribution in [0.5, 0.6) is 0 Å². The summed E-state index contributed by atoms with van der Waals surface area (Å²) in [4.78, 5) is 39.2. The first-order valence-corrected chi connectivity index (χ1v) is 9.11. The maximum absolute atomic E-state index is 12.1. The van der Waals surface area contributed by atoms with E-state index >= 15 is 0 Å². The lowest BCUT2D eigenvalue weighted by atomic mass is 10.2. The Hall–Kier alpha value is -3.85. The van der Waals surface area contributed by atoms with Crippen molar-refractivity contribution >= 4 is 45.4 Å². The minimum Gasteiger partial charge on any atom is -0.364 e. The average Bonchev–Trinajstić information content (AvgIpc) is 3.36. The molecule has 9 heteroatoms. The van der Waals surface area contributed by atoms with E-state index in [0.29, 0.717) is 27.8 Å². The van der Waals surface area contributed by atoms with Gasteiger partial charge in [-0.1, -0.05) is 12.1 Å². The molecular weight excluding hydrogens is 376 g/mol. The SMILES string of the molecule is NC(=O)c1cc(-c2csc(NC(=O)/C=C/c3cnc4ccccc4n3)n2)c[nH]1. The van der Waals surface area contributed by atoms with Gasteiger partial charge in [-0.05, 0) is 24.3 Å². The third-order valence-corrected chi connectivity index (χ3v) is 4.61. The standard InChI is InChI=1S/C19H14N6O2S/c20-18(27)15-7-11(8-21-15)16-10-28-19(24-16)25-17(26)6-5-12-9-22-13-3-1-2-4-14(13)23-12/h1-10,21H,(H2,20,27)(H,24,25,26)/b6-5+. The van der Waals surface area contributed by atoms with Gasteiger partial charge >= 0.3 is 0 Å². The number of nitrogens with zero attached hydrogens (tertiary/aromatic N) is 3. The third-order valence-electron chi connectivity index (χ3n) is 3.85. The number of anilines is 1. The summed E-state index contributed by atoms with van der Waals surface area (Å²) in [6.07, 6.45) is 6.21. The molecular formula is C19H14N6O2S. The largest absolute Gasteiger partial charge is 0.364 e. The number of hydrogen-bond donors (Lipinski definition) is 3. The fourth-order valence-electron chi connectivity index (χ4n) is 2.51. The van der Waals surface area contributed by atoms with Crippen molar-refractivity contribution in [2.24, 2.45) is 5.73 Å². The van der Waals surface area contributed by atoms with E-state index in [4.69, 9.17) is 5.73 Å². The second kappa shape index (κ2) is 7.41. The molecule has 28 heavy (non-hydrogen) atoms. The topological polar surface area (TPSA) is 127 Å². The van der Waals surface area contributed by atoms with Gasteiger partial charge in [0.1, 0.15) is 5.69 Å². The molecule has 0 aliphatic heterocycles. The van der Waals surface area contributed by atoms with E-state index < -0.39 is 5.91 Å². The van der Waals surface area contributed by atoms with Crippen molar-refractivity contribution < 1.29 is 9.59 Å². The van der Waals surface area contributed by atoms with Crippen molar-refractivity contribution in [3.63, 3.8) is 0 Å². The van der Waals surface area contributed by atoms with E-state index in [-0.39, 0.29) is 5.91 Å². The number of aromatic nitrogens is 4. The lowest BCUT2D eigenvalue weighted by Crippen LogP contribution is -2.10. The van der Waals surface area contributed by atoms with Gasteiger partial charge in [0.15, 0.2) is 5.13 Å². The number of amides is 2. The molecule has 0 aliphatic carbocycles. The van der Waals surface area contributed by atoms with E-state index in [1.54, 1.807) is 29.9 Å². The van der Waals surface area contributed by atoms with Crippen LogP contribution in [-0.4, -0.2) is 31.8 Å². The molecule has 4 N–H and O–H groups in total. The smallest absolute Gasteiger partial charge is 0.265 e. The average molecular weight is 390 g/mol. The number of rotatable bonds is 5. The summed E-state index contributed by atoms with van der Waals surface area (Å²) in [5.74, 6) is -0.875. The maximum atomic E-state index is 12.1. The summed E-state index contributed by atoms with van der Waals surface area (Å²) in [6, 6.07) is 9.13. The molecule has 8 nitrogen and oxygen atoms in total. The summed E-state index contributed by atoms with van der Waals surface area (Å²) in [6.45, 7) is 0. The Labute approximate surface area is 163 Å². The lowest BCUT2D eigenvalue weighted by molar-refractivity contribution is -0.111.